The number of pyridine rings is 1. The number of amides is 1. The van der Waals surface area contributed by atoms with Gasteiger partial charge in [0.25, 0.3) is 11.6 Å². The van der Waals surface area contributed by atoms with Gasteiger partial charge in [0, 0.05) is 56.3 Å². The van der Waals surface area contributed by atoms with Crippen LogP contribution in [0.4, 0.5) is 24.5 Å². The minimum absolute atomic E-state index is 0.0791. The fourth-order valence-electron chi connectivity index (χ4n) is 3.45. The van der Waals surface area contributed by atoms with Crippen LogP contribution in [0.25, 0.3) is 11.3 Å². The Bertz CT molecular complexity index is 1140. The number of aromatic nitrogens is 2. The minimum Gasteiger partial charge on any atom is -0.362 e. The quantitative estimate of drug-likeness (QED) is 0.444. The molecule has 3 aromatic rings. The number of carbonyl (C=O) groups excluding carboxylic acids is 1. The molecule has 0 bridgehead atoms. The number of halogens is 3. The lowest BCUT2D eigenvalue weighted by molar-refractivity contribution is -0.384. The maximum absolute atomic E-state index is 12.9. The zero-order valence-electron chi connectivity index (χ0n) is 16.5. The molecule has 1 aromatic carbocycles. The van der Waals surface area contributed by atoms with Crippen molar-refractivity contribution in [2.45, 2.75) is 6.18 Å². The first-order chi connectivity index (χ1) is 15.2. The van der Waals surface area contributed by atoms with Crippen molar-refractivity contribution >= 4 is 17.3 Å². The van der Waals surface area contributed by atoms with E-state index in [1.165, 1.54) is 11.0 Å². The Hall–Kier alpha value is -3.96. The topological polar surface area (TPSA) is 106 Å². The Balaban J connectivity index is 1.46. The van der Waals surface area contributed by atoms with Crippen LogP contribution in [0.3, 0.4) is 0 Å². The number of alkyl halides is 3. The van der Waals surface area contributed by atoms with E-state index < -0.39 is 22.4 Å². The summed E-state index contributed by atoms with van der Waals surface area (Å²) in [4.78, 5) is 30.3. The molecule has 166 valence electrons. The molecule has 0 unspecified atom stereocenters. The summed E-state index contributed by atoms with van der Waals surface area (Å²) in [5.74, 6) is 0.0194. The van der Waals surface area contributed by atoms with Crippen LogP contribution in [-0.4, -0.2) is 52.1 Å². The Morgan fingerprint density at radius 2 is 1.88 bits per heavy atom. The molecule has 4 rings (SSSR count). The van der Waals surface area contributed by atoms with Crippen molar-refractivity contribution in [3.63, 3.8) is 0 Å². The second-order valence-electron chi connectivity index (χ2n) is 7.06. The third-order valence-electron chi connectivity index (χ3n) is 5.08. The molecule has 1 aliphatic heterocycles. The van der Waals surface area contributed by atoms with Crippen molar-refractivity contribution in [1.29, 1.82) is 0 Å². The molecule has 12 heteroatoms. The van der Waals surface area contributed by atoms with E-state index in [1.807, 2.05) is 0 Å². The number of hydrogen-bond donors (Lipinski definition) is 0. The van der Waals surface area contributed by atoms with Crippen molar-refractivity contribution in [3.8, 4) is 11.3 Å². The van der Waals surface area contributed by atoms with Crippen molar-refractivity contribution < 1.29 is 27.4 Å². The fourth-order valence-corrected chi connectivity index (χ4v) is 3.45. The number of piperazine rings is 1. The number of carbonyl (C=O) groups is 1. The SMILES string of the molecule is O=C(c1cc(-c2cccnc2)on1)N1CCN(c2ccc(C(F)(F)F)cc2[N+](=O)[O-])CC1. The summed E-state index contributed by atoms with van der Waals surface area (Å²) in [6.07, 6.45) is -1.50. The third-order valence-corrected chi connectivity index (χ3v) is 5.08. The van der Waals surface area contributed by atoms with Gasteiger partial charge in [-0.2, -0.15) is 13.2 Å². The zero-order chi connectivity index (χ0) is 22.9. The van der Waals surface area contributed by atoms with E-state index in [2.05, 4.69) is 10.1 Å². The van der Waals surface area contributed by atoms with Crippen LogP contribution in [-0.2, 0) is 6.18 Å². The van der Waals surface area contributed by atoms with Crippen LogP contribution in [0, 0.1) is 10.1 Å². The average molecular weight is 447 g/mol. The van der Waals surface area contributed by atoms with Gasteiger partial charge in [-0.3, -0.25) is 19.9 Å². The molecule has 1 aliphatic rings. The van der Waals surface area contributed by atoms with Gasteiger partial charge in [0.1, 0.15) is 5.69 Å². The molecule has 1 fully saturated rings. The molecular formula is C20H16F3N5O4. The van der Waals surface area contributed by atoms with Crippen molar-refractivity contribution in [3.05, 3.63) is 70.2 Å². The van der Waals surface area contributed by atoms with Crippen molar-refractivity contribution in [2.24, 2.45) is 0 Å². The molecule has 0 saturated carbocycles. The summed E-state index contributed by atoms with van der Waals surface area (Å²) in [5.41, 5.74) is -0.860. The van der Waals surface area contributed by atoms with Gasteiger partial charge in [0.05, 0.1) is 10.5 Å². The average Bonchev–Trinajstić information content (AvgIpc) is 3.28. The summed E-state index contributed by atoms with van der Waals surface area (Å²) in [5, 5.41) is 15.2. The molecule has 0 N–H and O–H groups in total. The first kappa shape index (κ1) is 21.3. The second-order valence-corrected chi connectivity index (χ2v) is 7.06. The molecule has 3 heterocycles. The Morgan fingerprint density at radius 3 is 2.50 bits per heavy atom. The number of hydrogen-bond acceptors (Lipinski definition) is 7. The lowest BCUT2D eigenvalue weighted by atomic mass is 10.1. The number of rotatable bonds is 4. The minimum atomic E-state index is -4.68. The normalized spacial score (nSPS) is 14.5. The highest BCUT2D eigenvalue weighted by Gasteiger charge is 2.34. The number of benzene rings is 1. The standard InChI is InChI=1S/C20H16F3N5O4/c21-20(22,23)14-3-4-16(17(10-14)28(30)31)26-6-8-27(9-7-26)19(29)15-11-18(32-25-15)13-2-1-5-24-12-13/h1-5,10-12H,6-9H2. The maximum atomic E-state index is 12.9. The highest BCUT2D eigenvalue weighted by atomic mass is 19.4. The molecule has 0 atom stereocenters. The Morgan fingerprint density at radius 1 is 1.12 bits per heavy atom. The first-order valence-electron chi connectivity index (χ1n) is 9.51. The number of anilines is 1. The summed E-state index contributed by atoms with van der Waals surface area (Å²) in [7, 11) is 0. The van der Waals surface area contributed by atoms with Gasteiger partial charge in [-0.1, -0.05) is 5.16 Å². The Labute approximate surface area is 179 Å². The monoisotopic (exact) mass is 447 g/mol. The van der Waals surface area contributed by atoms with Gasteiger partial charge in [-0.05, 0) is 24.3 Å². The fraction of sp³-hybridized carbons (Fsp3) is 0.250. The molecule has 0 aliphatic carbocycles. The van der Waals surface area contributed by atoms with E-state index in [0.717, 1.165) is 12.1 Å². The molecule has 2 aromatic heterocycles. The molecular weight excluding hydrogens is 431 g/mol. The molecule has 1 saturated heterocycles. The van der Waals surface area contributed by atoms with E-state index in [-0.39, 0.29) is 43.5 Å². The molecule has 9 nitrogen and oxygen atoms in total. The Kier molecular flexibility index (Phi) is 5.51. The number of nitro groups is 1. The maximum Gasteiger partial charge on any atom is 0.416 e. The smallest absolute Gasteiger partial charge is 0.362 e. The zero-order valence-corrected chi connectivity index (χ0v) is 16.5. The predicted molar refractivity (Wildman–Crippen MR) is 106 cm³/mol. The van der Waals surface area contributed by atoms with Crippen LogP contribution in [0.2, 0.25) is 0 Å². The highest BCUT2D eigenvalue weighted by molar-refractivity contribution is 5.93. The van der Waals surface area contributed by atoms with Crippen LogP contribution in [0.5, 0.6) is 0 Å². The van der Waals surface area contributed by atoms with Gasteiger partial charge in [-0.15, -0.1) is 0 Å². The molecule has 0 spiro atoms. The van der Waals surface area contributed by atoms with Crippen LogP contribution >= 0.6 is 0 Å². The lowest BCUT2D eigenvalue weighted by Gasteiger charge is -2.35. The van der Waals surface area contributed by atoms with E-state index >= 15 is 0 Å². The number of nitrogens with zero attached hydrogens (tertiary/aromatic N) is 5. The van der Waals surface area contributed by atoms with Crippen molar-refractivity contribution in [2.75, 3.05) is 31.1 Å². The summed E-state index contributed by atoms with van der Waals surface area (Å²) in [6, 6.07) is 7.43. The summed E-state index contributed by atoms with van der Waals surface area (Å²) >= 11 is 0. The molecule has 32 heavy (non-hydrogen) atoms. The highest BCUT2D eigenvalue weighted by Crippen LogP contribution is 2.36. The van der Waals surface area contributed by atoms with E-state index in [9.17, 15) is 28.1 Å². The van der Waals surface area contributed by atoms with Crippen LogP contribution < -0.4 is 4.90 Å². The largest absolute Gasteiger partial charge is 0.416 e. The van der Waals surface area contributed by atoms with E-state index in [0.29, 0.717) is 17.4 Å². The van der Waals surface area contributed by atoms with Crippen LogP contribution in [0.15, 0.2) is 53.3 Å². The molecule has 1 amide bonds. The van der Waals surface area contributed by atoms with Crippen LogP contribution in [0.1, 0.15) is 16.1 Å². The van der Waals surface area contributed by atoms with E-state index in [1.54, 1.807) is 29.4 Å². The van der Waals surface area contributed by atoms with Gasteiger partial charge in [0.2, 0.25) is 0 Å². The molecule has 0 radical (unpaired) electrons. The van der Waals surface area contributed by atoms with Gasteiger partial charge in [0.15, 0.2) is 11.5 Å². The lowest BCUT2D eigenvalue weighted by Crippen LogP contribution is -2.49. The third kappa shape index (κ3) is 4.24. The van der Waals surface area contributed by atoms with Gasteiger partial charge in [-0.25, -0.2) is 0 Å². The van der Waals surface area contributed by atoms with Gasteiger partial charge >= 0.3 is 6.18 Å². The summed E-state index contributed by atoms with van der Waals surface area (Å²) in [6.45, 7) is 0.856. The second kappa shape index (κ2) is 8.29. The predicted octanol–water partition coefficient (Wildman–Crippen LogP) is 3.63. The van der Waals surface area contributed by atoms with Crippen molar-refractivity contribution in [1.82, 2.24) is 15.0 Å². The number of nitro benzene ring substituents is 1. The first-order valence-corrected chi connectivity index (χ1v) is 9.51. The van der Waals surface area contributed by atoms with Gasteiger partial charge < -0.3 is 14.3 Å². The summed E-state index contributed by atoms with van der Waals surface area (Å²) < 4.78 is 44.0. The van der Waals surface area contributed by atoms with E-state index in [4.69, 9.17) is 4.52 Å².